The molecule has 0 unspecified atom stereocenters. The van der Waals surface area contributed by atoms with E-state index in [-0.39, 0.29) is 23.2 Å². The molecule has 0 bridgehead atoms. The maximum atomic E-state index is 15.1. The van der Waals surface area contributed by atoms with Gasteiger partial charge in [0.15, 0.2) is 11.5 Å². The van der Waals surface area contributed by atoms with E-state index >= 15 is 17.6 Å². The Labute approximate surface area is 194 Å². The molecular formula is C24H15F6N3O2. The molecule has 1 aliphatic rings. The first-order valence-electron chi connectivity index (χ1n) is 10.3. The number of allylic oxidation sites excluding steroid dienone is 2. The van der Waals surface area contributed by atoms with Crippen LogP contribution in [0, 0.1) is 13.8 Å². The van der Waals surface area contributed by atoms with Crippen LogP contribution in [0.15, 0.2) is 63.7 Å². The highest BCUT2D eigenvalue weighted by Gasteiger charge is 2.81. The van der Waals surface area contributed by atoms with Crippen LogP contribution in [0.1, 0.15) is 22.9 Å². The lowest BCUT2D eigenvalue weighted by Gasteiger charge is -2.25. The largest absolute Gasteiger partial charge is 0.436 e. The van der Waals surface area contributed by atoms with Gasteiger partial charge in [0, 0.05) is 23.5 Å². The van der Waals surface area contributed by atoms with E-state index in [1.54, 1.807) is 30.3 Å². The lowest BCUT2D eigenvalue weighted by atomic mass is 10.0. The zero-order valence-corrected chi connectivity index (χ0v) is 18.1. The second-order valence-corrected chi connectivity index (χ2v) is 7.94. The predicted molar refractivity (Wildman–Crippen MR) is 113 cm³/mol. The summed E-state index contributed by atoms with van der Waals surface area (Å²) in [6.45, 7) is 2.40. The van der Waals surface area contributed by atoms with Crippen molar-refractivity contribution >= 4 is 11.1 Å². The van der Waals surface area contributed by atoms with Crippen LogP contribution in [0.2, 0.25) is 0 Å². The van der Waals surface area contributed by atoms with Crippen LogP contribution in [0.25, 0.3) is 34.1 Å². The Morgan fingerprint density at radius 1 is 0.629 bits per heavy atom. The third-order valence-electron chi connectivity index (χ3n) is 5.66. The molecule has 0 saturated heterocycles. The molecule has 4 aromatic rings. The number of halogens is 6. The first-order valence-corrected chi connectivity index (χ1v) is 10.3. The SMILES string of the molecule is Cc1nc(-c2ccccc2)oc1C1=C(c2oc(-c3ccncc3)nc2C)C(F)(F)C(F)(F)C1(F)F. The molecule has 0 aliphatic heterocycles. The average Bonchev–Trinajstić information content (AvgIpc) is 3.42. The van der Waals surface area contributed by atoms with Crippen molar-refractivity contribution in [3.8, 4) is 22.9 Å². The number of hydrogen-bond donors (Lipinski definition) is 0. The molecule has 0 saturated carbocycles. The molecule has 0 N–H and O–H groups in total. The molecule has 0 fully saturated rings. The maximum absolute atomic E-state index is 15.1. The minimum atomic E-state index is -5.77. The number of aromatic nitrogens is 3. The first-order chi connectivity index (χ1) is 16.5. The minimum absolute atomic E-state index is 0.189. The lowest BCUT2D eigenvalue weighted by molar-refractivity contribution is -0.254. The average molecular weight is 491 g/mol. The van der Waals surface area contributed by atoms with Crippen molar-refractivity contribution in [3.63, 3.8) is 0 Å². The summed E-state index contributed by atoms with van der Waals surface area (Å²) in [6.07, 6.45) is 2.74. The van der Waals surface area contributed by atoms with Crippen molar-refractivity contribution in [2.45, 2.75) is 31.6 Å². The van der Waals surface area contributed by atoms with E-state index in [0.717, 1.165) is 0 Å². The smallest absolute Gasteiger partial charge is 0.380 e. The third-order valence-corrected chi connectivity index (χ3v) is 5.66. The van der Waals surface area contributed by atoms with Crippen molar-refractivity contribution in [1.82, 2.24) is 15.0 Å². The molecule has 1 aromatic carbocycles. The van der Waals surface area contributed by atoms with E-state index in [4.69, 9.17) is 8.83 Å². The molecule has 0 atom stereocenters. The molecule has 1 aliphatic carbocycles. The fourth-order valence-electron chi connectivity index (χ4n) is 3.92. The third kappa shape index (κ3) is 3.21. The summed E-state index contributed by atoms with van der Waals surface area (Å²) >= 11 is 0. The van der Waals surface area contributed by atoms with Crippen molar-refractivity contribution in [1.29, 1.82) is 0 Å². The van der Waals surface area contributed by atoms with Crippen molar-refractivity contribution < 1.29 is 35.2 Å². The molecule has 0 radical (unpaired) electrons. The van der Waals surface area contributed by atoms with Crippen LogP contribution in [0.4, 0.5) is 26.3 Å². The van der Waals surface area contributed by atoms with Gasteiger partial charge in [-0.1, -0.05) is 18.2 Å². The molecule has 35 heavy (non-hydrogen) atoms. The van der Waals surface area contributed by atoms with Gasteiger partial charge in [0.25, 0.3) is 0 Å². The molecule has 3 aromatic heterocycles. The summed E-state index contributed by atoms with van der Waals surface area (Å²) < 4.78 is 100. The second-order valence-electron chi connectivity index (χ2n) is 7.94. The monoisotopic (exact) mass is 491 g/mol. The van der Waals surface area contributed by atoms with Gasteiger partial charge in [-0.15, -0.1) is 0 Å². The summed E-state index contributed by atoms with van der Waals surface area (Å²) in [4.78, 5) is 11.8. The minimum Gasteiger partial charge on any atom is -0.436 e. The molecule has 5 rings (SSSR count). The highest BCUT2D eigenvalue weighted by atomic mass is 19.3. The molecule has 11 heteroatoms. The van der Waals surface area contributed by atoms with Gasteiger partial charge in [0.1, 0.15) is 0 Å². The van der Waals surface area contributed by atoms with Crippen LogP contribution in [-0.2, 0) is 0 Å². The summed E-state index contributed by atoms with van der Waals surface area (Å²) in [5, 5.41) is 0. The van der Waals surface area contributed by atoms with Gasteiger partial charge in [-0.3, -0.25) is 4.98 Å². The summed E-state index contributed by atoms with van der Waals surface area (Å²) in [7, 11) is 0. The van der Waals surface area contributed by atoms with E-state index in [1.165, 1.54) is 38.4 Å². The Hall–Kier alpha value is -3.89. The van der Waals surface area contributed by atoms with Crippen LogP contribution in [0.5, 0.6) is 0 Å². The van der Waals surface area contributed by atoms with Gasteiger partial charge in [0.2, 0.25) is 11.8 Å². The molecule has 180 valence electrons. The van der Waals surface area contributed by atoms with Gasteiger partial charge >= 0.3 is 17.8 Å². The van der Waals surface area contributed by atoms with Gasteiger partial charge < -0.3 is 8.83 Å². The summed E-state index contributed by atoms with van der Waals surface area (Å²) in [5.41, 5.74) is -3.30. The van der Waals surface area contributed by atoms with Crippen molar-refractivity contribution in [2.75, 3.05) is 0 Å². The number of pyridine rings is 1. The highest BCUT2D eigenvalue weighted by molar-refractivity contribution is 5.99. The number of aryl methyl sites for hydroxylation is 2. The van der Waals surface area contributed by atoms with Crippen molar-refractivity contribution in [2.24, 2.45) is 0 Å². The number of hydrogen-bond acceptors (Lipinski definition) is 5. The molecule has 0 spiro atoms. The normalized spacial score (nSPS) is 18.3. The van der Waals surface area contributed by atoms with E-state index < -0.39 is 40.4 Å². The standard InChI is InChI=1S/C24H15F6N3O2/c1-12-18(34-20(32-12)14-6-4-3-5-7-14)16-17(23(27,28)24(29,30)22(16,25)26)19-13(2)33-21(35-19)15-8-10-31-11-9-15/h3-11H,1-2H3. The van der Waals surface area contributed by atoms with E-state index in [1.807, 2.05) is 0 Å². The van der Waals surface area contributed by atoms with E-state index in [0.29, 0.717) is 11.1 Å². The molecular weight excluding hydrogens is 476 g/mol. The quantitative estimate of drug-likeness (QED) is 0.293. The Kier molecular flexibility index (Phi) is 4.94. The fourth-order valence-corrected chi connectivity index (χ4v) is 3.92. The summed E-state index contributed by atoms with van der Waals surface area (Å²) in [6, 6.07) is 10.9. The Morgan fingerprint density at radius 3 is 1.51 bits per heavy atom. The number of rotatable bonds is 4. The summed E-state index contributed by atoms with van der Waals surface area (Å²) in [5.74, 6) is -18.6. The van der Waals surface area contributed by atoms with Crippen LogP contribution in [0.3, 0.4) is 0 Å². The number of alkyl halides is 6. The highest BCUT2D eigenvalue weighted by Crippen LogP contribution is 2.65. The van der Waals surface area contributed by atoms with E-state index in [9.17, 15) is 8.78 Å². The number of oxazole rings is 2. The molecule has 5 nitrogen and oxygen atoms in total. The Morgan fingerprint density at radius 2 is 1.06 bits per heavy atom. The van der Waals surface area contributed by atoms with E-state index in [2.05, 4.69) is 15.0 Å². The van der Waals surface area contributed by atoms with Gasteiger partial charge in [0.05, 0.1) is 22.5 Å². The maximum Gasteiger partial charge on any atom is 0.380 e. The Balaban J connectivity index is 1.78. The number of benzene rings is 1. The lowest BCUT2D eigenvalue weighted by Crippen LogP contribution is -2.48. The van der Waals surface area contributed by atoms with Gasteiger partial charge in [-0.25, -0.2) is 9.97 Å². The first kappa shape index (κ1) is 22.9. The zero-order chi connectivity index (χ0) is 25.2. The van der Waals surface area contributed by atoms with Gasteiger partial charge in [-0.05, 0) is 38.1 Å². The Bertz CT molecular complexity index is 1330. The topological polar surface area (TPSA) is 65.0 Å². The zero-order valence-electron chi connectivity index (χ0n) is 18.1. The second kappa shape index (κ2) is 7.56. The fraction of sp³-hybridized carbons (Fsp3) is 0.208. The van der Waals surface area contributed by atoms with Crippen molar-refractivity contribution in [3.05, 3.63) is 77.8 Å². The molecule has 0 amide bonds. The van der Waals surface area contributed by atoms with Gasteiger partial charge in [-0.2, -0.15) is 26.3 Å². The predicted octanol–water partition coefficient (Wildman–Crippen LogP) is 6.84. The van der Waals surface area contributed by atoms with Crippen LogP contribution in [-0.4, -0.2) is 32.7 Å². The molecule has 3 heterocycles. The van der Waals surface area contributed by atoms with Crippen LogP contribution < -0.4 is 0 Å². The number of nitrogens with zero attached hydrogens (tertiary/aromatic N) is 3. The van der Waals surface area contributed by atoms with Crippen LogP contribution >= 0.6 is 0 Å².